The van der Waals surface area contributed by atoms with Crippen LogP contribution in [-0.2, 0) is 481 Å². The van der Waals surface area contributed by atoms with Crippen molar-refractivity contribution in [3.8, 4) is 0 Å². The largest absolute Gasteiger partial charge is 4.00 e. The standard InChI is InChI=1S/2C2H5NO2.Ge.40O.12W/c2*3-1-2(4)5;;;;;;;;;;;;;;;;;;;;;;;;;;;;;;;;;;;;;;;;;;;;;;;;;;;;;/h2*1,3H2,(H,4,5);;;;;;;;;;;;;;;;;;;;;;;;;;;;;;;;;;;;;;;;;;;;;;;;;;;;;/q;;+4;40*-2;;;;;;;;;;;;/p+6. The van der Waals surface area contributed by atoms with E-state index in [1.807, 2.05) is 0 Å². The van der Waals surface area contributed by atoms with Gasteiger partial charge in [0.25, 0.3) is 0 Å². The van der Waals surface area contributed by atoms with Crippen molar-refractivity contribution < 1.29 is 500 Å². The normalized spacial score (nSPS) is 1.17. The molecule has 0 saturated heterocycles. The molecule has 0 bridgehead atoms. The van der Waals surface area contributed by atoms with E-state index in [4.69, 9.17) is 10.2 Å². The van der Waals surface area contributed by atoms with Crippen LogP contribution >= 0.6 is 0 Å². The van der Waals surface area contributed by atoms with Gasteiger partial charge in [-0.1, -0.05) is 0 Å². The van der Waals surface area contributed by atoms with Crippen LogP contribution in [0.1, 0.15) is 8.56 Å². The van der Waals surface area contributed by atoms with Gasteiger partial charge in [0.15, 0.2) is 0 Å². The number of rotatable bonds is 2. The van der Waals surface area contributed by atoms with Gasteiger partial charge in [-0.25, -0.2) is 0 Å². The van der Waals surface area contributed by atoms with Crippen molar-refractivity contribution in [2.45, 2.75) is 0 Å². The number of hydrogen-bond donors (Lipinski definition) is 4. The van der Waals surface area contributed by atoms with E-state index in [9.17, 15) is 9.59 Å². The molecule has 0 atom stereocenters. The molecule has 0 heterocycles. The van der Waals surface area contributed by atoms with Crippen molar-refractivity contribution in [3.63, 3.8) is 0 Å². The van der Waals surface area contributed by atoms with E-state index >= 15 is 0 Å². The summed E-state index contributed by atoms with van der Waals surface area (Å²) in [5.74, 6) is -1.94. The zero-order chi connectivity index (χ0) is 8.57. The van der Waals surface area contributed by atoms with Gasteiger partial charge >= 0.3 is 38.1 Å². The third kappa shape index (κ3) is 2930. The third-order valence-corrected chi connectivity index (χ3v) is 0.349. The van der Waals surface area contributed by atoms with Crippen LogP contribution in [0.3, 0.4) is 0 Å². The van der Waals surface area contributed by atoms with E-state index < -0.39 is 11.9 Å². The molecule has 0 radical (unpaired) electrons. The summed E-state index contributed by atoms with van der Waals surface area (Å²) in [6, 6.07) is 0. The maximum Gasteiger partial charge on any atom is 4.00 e. The maximum absolute atomic E-state index is 9.24. The Morgan fingerprint density at radius 3 is 0.238 bits per heavy atom. The van der Waals surface area contributed by atoms with Crippen LogP contribution in [0, 0.1) is 0 Å². The van der Waals surface area contributed by atoms with Gasteiger partial charge in [-0.05, 0) is 0 Å². The molecule has 0 amide bonds. The molecule has 0 saturated carbocycles. The van der Waals surface area contributed by atoms with Crippen molar-refractivity contribution in [1.29, 1.82) is 0 Å². The minimum Gasteiger partial charge on any atom is -2.00 e. The summed E-state index contributed by atoms with van der Waals surface area (Å²) < 4.78 is 0. The van der Waals surface area contributed by atoms with Crippen LogP contribution in [0.4, 0.5) is 0 Å². The molecule has 59 heteroatoms. The molecule has 0 unspecified atom stereocenters. The fraction of sp³-hybridized carbons (Fsp3) is 0.500. The Labute approximate surface area is 547 Å². The number of nitrogens with two attached hydrogens (primary N) is 2. The van der Waals surface area contributed by atoms with E-state index in [0.29, 0.717) is 0 Å². The molecule has 0 aromatic carbocycles. The van der Waals surface area contributed by atoms with E-state index in [1.54, 1.807) is 0 Å². The van der Waals surface area contributed by atoms with Gasteiger partial charge in [0.2, 0.25) is 0 Å². The summed E-state index contributed by atoms with van der Waals surface area (Å²) >= 11 is 0. The molecule has 452 valence electrons. The molecule has 0 aliphatic carbocycles. The molecular formula is C4H16GeN2O44W12-70. The summed E-state index contributed by atoms with van der Waals surface area (Å²) in [5.41, 5.74) is 9.14. The molecule has 46 nitrogen and oxygen atoms in total. The maximum atomic E-state index is 9.24. The molecule has 0 aromatic heterocycles. The van der Waals surface area contributed by atoms with Gasteiger partial charge in [-0.2, -0.15) is 0 Å². The second-order valence-corrected chi connectivity index (χ2v) is 1.20. The molecule has 63 heavy (non-hydrogen) atoms. The monoisotopic (exact) mass is 3080 g/mol. The van der Waals surface area contributed by atoms with Crippen molar-refractivity contribution in [2.24, 2.45) is 11.5 Å². The minimum absolute atomic E-state index is 0. The second kappa shape index (κ2) is 1550. The first-order valence-corrected chi connectivity index (χ1v) is 2.38. The number of carbonyl (C=O) groups is 2. The van der Waals surface area contributed by atoms with E-state index in [-0.39, 0.29) is 511 Å². The molecule has 0 aliphatic heterocycles. The molecule has 0 aromatic rings. The molecule has 6 N–H and O–H groups in total. The number of carboxylic acids is 2. The molecule has 0 fully saturated rings. The van der Waals surface area contributed by atoms with Crippen LogP contribution in [0.15, 0.2) is 0 Å². The van der Waals surface area contributed by atoms with Crippen molar-refractivity contribution in [2.75, 3.05) is 13.1 Å². The van der Waals surface area contributed by atoms with Gasteiger partial charge in [0, 0.05) is 253 Å². The fourth-order valence-electron chi connectivity index (χ4n) is 0. The Morgan fingerprint density at radius 2 is 0.238 bits per heavy atom. The van der Waals surface area contributed by atoms with Crippen molar-refractivity contribution in [3.05, 3.63) is 0 Å². The quantitative estimate of drug-likeness (QED) is 0.195. The Kier molecular flexibility index (Phi) is 39700. The summed E-state index contributed by atoms with van der Waals surface area (Å²) in [4.78, 5) is 18.5. The van der Waals surface area contributed by atoms with Crippen molar-refractivity contribution in [1.82, 2.24) is 0 Å². The number of carboxylic acid groups (broad SMARTS) is 2. The predicted octanol–water partition coefficient (Wildman–Crippen LogP) is -6.43. The number of hydrogen-bond acceptors (Lipinski definition) is 4. The summed E-state index contributed by atoms with van der Waals surface area (Å²) in [6.07, 6.45) is 0. The third-order valence-electron chi connectivity index (χ3n) is 0.349. The van der Waals surface area contributed by atoms with Gasteiger partial charge < -0.3 is 241 Å². The van der Waals surface area contributed by atoms with Crippen LogP contribution in [0.2, 0.25) is 0 Å². The Bertz CT molecular complexity index is 197. The summed E-state index contributed by atoms with van der Waals surface area (Å²) in [5, 5.41) is 15.2. The topological polar surface area (TPSA) is 1270 Å². The van der Waals surface area contributed by atoms with E-state index in [0.717, 1.165) is 0 Å². The second-order valence-electron chi connectivity index (χ2n) is 1.20. The Balaban J connectivity index is -0.000000000169. The average Bonchev–Trinajstić information content (AvgIpc) is 1.89. The van der Waals surface area contributed by atoms with Gasteiger partial charge in [0.1, 0.15) is 0 Å². The molecule has 0 spiro atoms. The van der Waals surface area contributed by atoms with E-state index in [2.05, 4.69) is 11.5 Å². The minimum atomic E-state index is -0.968. The first-order valence-electron chi connectivity index (χ1n) is 2.38. The predicted molar refractivity (Wildman–Crippen MR) is 73.3 cm³/mol. The Hall–Kier alpha value is 6.06. The Morgan fingerprint density at radius 1 is 0.222 bits per heavy atom. The van der Waals surface area contributed by atoms with Gasteiger partial charge in [-0.3, -0.25) is 9.59 Å². The summed E-state index contributed by atoms with van der Waals surface area (Å²) in [6.45, 7) is -0.556. The zero-order valence-electron chi connectivity index (χ0n) is 33.0. The fourth-order valence-corrected chi connectivity index (χ4v) is 0. The first kappa shape index (κ1) is 1620. The van der Waals surface area contributed by atoms with Crippen LogP contribution in [0.5, 0.6) is 0 Å². The average molecular weight is 3070 g/mol. The first-order chi connectivity index (χ1) is 4.54. The van der Waals surface area contributed by atoms with Gasteiger partial charge in [0.05, 0.1) is 13.1 Å². The SMILES string of the molecule is NCC(=O)O.NCC(=O)O.[Ge+4].[H+].[H+].[H+].[H+].[H+].[H+].[O-2].[O-2].[O-2].[O-2].[O-2].[O-2].[O-2].[O-2].[O-2].[O-2].[O-2].[O-2].[O-2].[O-2].[O-2].[O-2].[O-2].[O-2].[O-2].[O-2].[O-2].[O-2].[O-2].[O-2].[O-2].[O-2].[O-2].[O-2].[O-2].[O-2].[O-2].[O-2].[O-2].[O-2].[O-2].[O-2].[O-2].[O-2].[O-2].[O-2].[W].[W].[W].[W].[W].[W].[W].[W].[W].[W].[W].[W]. The summed E-state index contributed by atoms with van der Waals surface area (Å²) in [7, 11) is 0. The van der Waals surface area contributed by atoms with Crippen LogP contribution in [0.25, 0.3) is 0 Å². The van der Waals surface area contributed by atoms with E-state index in [1.165, 1.54) is 0 Å². The van der Waals surface area contributed by atoms with Gasteiger partial charge in [-0.15, -0.1) is 0 Å². The van der Waals surface area contributed by atoms with Crippen molar-refractivity contribution >= 4 is 29.5 Å². The zero-order valence-corrected chi connectivity index (χ0v) is 64.3. The smallest absolute Gasteiger partial charge is 2.00 e. The van der Waals surface area contributed by atoms with Crippen LogP contribution < -0.4 is 11.5 Å². The molecular weight excluding hydrogens is 3060 g/mol. The molecule has 0 rings (SSSR count). The number of aliphatic carboxylic acids is 2. The molecule has 0 aliphatic rings. The van der Waals surface area contributed by atoms with Crippen LogP contribution in [-0.4, -0.2) is 52.8 Å².